The lowest BCUT2D eigenvalue weighted by molar-refractivity contribution is 0.0509. The lowest BCUT2D eigenvalue weighted by atomic mass is 9.87. The van der Waals surface area contributed by atoms with Crippen LogP contribution in [-0.4, -0.2) is 46.8 Å². The highest BCUT2D eigenvalue weighted by Gasteiger charge is 2.32. The summed E-state index contributed by atoms with van der Waals surface area (Å²) in [7, 11) is -4.16. The first-order valence-electron chi connectivity index (χ1n) is 14.7. The predicted octanol–water partition coefficient (Wildman–Crippen LogP) is 6.54. The van der Waals surface area contributed by atoms with Crippen molar-refractivity contribution in [1.82, 2.24) is 19.9 Å². The van der Waals surface area contributed by atoms with E-state index in [-0.39, 0.29) is 46.8 Å². The summed E-state index contributed by atoms with van der Waals surface area (Å²) < 4.78 is 41.5. The molecule has 3 aromatic heterocycles. The Morgan fingerprint density at radius 3 is 2.51 bits per heavy atom. The fourth-order valence-electron chi connectivity index (χ4n) is 5.72. The number of nitrogens with one attached hydrogen (secondary N) is 1. The number of furan rings is 1. The minimum absolute atomic E-state index is 0.0820. The first-order chi connectivity index (χ1) is 21.4. The van der Waals surface area contributed by atoms with Gasteiger partial charge in [0.05, 0.1) is 41.3 Å². The van der Waals surface area contributed by atoms with Gasteiger partial charge in [-0.2, -0.15) is 4.98 Å². The summed E-state index contributed by atoms with van der Waals surface area (Å²) in [6, 6.07) is 16.9. The molecule has 10 nitrogen and oxygen atoms in total. The van der Waals surface area contributed by atoms with Crippen LogP contribution >= 0.6 is 0 Å². The van der Waals surface area contributed by atoms with Gasteiger partial charge in [0.1, 0.15) is 6.61 Å². The first-order valence-corrected chi connectivity index (χ1v) is 16.2. The highest BCUT2D eigenvalue weighted by atomic mass is 32.2. The smallest absolute Gasteiger partial charge is 0.264 e. The van der Waals surface area contributed by atoms with Crippen LogP contribution in [0.2, 0.25) is 0 Å². The molecule has 5 aromatic rings. The zero-order valence-corrected chi connectivity index (χ0v) is 26.7. The predicted molar refractivity (Wildman–Crippen MR) is 171 cm³/mol. The van der Waals surface area contributed by atoms with Gasteiger partial charge in [0.25, 0.3) is 15.9 Å². The Hall–Kier alpha value is -4.77. The molecule has 1 aliphatic heterocycles. The molecule has 0 radical (unpaired) electrons. The molecule has 4 heterocycles. The van der Waals surface area contributed by atoms with Crippen LogP contribution in [0.25, 0.3) is 22.2 Å². The van der Waals surface area contributed by atoms with Gasteiger partial charge in [0, 0.05) is 22.6 Å². The third-order valence-corrected chi connectivity index (χ3v) is 9.09. The minimum atomic E-state index is -4.16. The van der Waals surface area contributed by atoms with Crippen molar-refractivity contribution in [3.63, 3.8) is 0 Å². The summed E-state index contributed by atoms with van der Waals surface area (Å²) in [5.74, 6) is -0.272. The number of sulfonamides is 1. The Kier molecular flexibility index (Phi) is 7.82. The van der Waals surface area contributed by atoms with Crippen LogP contribution in [0, 0.1) is 19.3 Å². The Balaban J connectivity index is 1.50. The van der Waals surface area contributed by atoms with Crippen LogP contribution in [-0.2, 0) is 16.6 Å². The van der Waals surface area contributed by atoms with E-state index in [0.717, 1.165) is 22.1 Å². The Bertz CT molecular complexity index is 2000. The Morgan fingerprint density at radius 2 is 1.76 bits per heavy atom. The second-order valence-corrected chi connectivity index (χ2v) is 14.3. The topological polar surface area (TPSA) is 128 Å². The number of fused-ring (bicyclic) bond motifs is 5. The quantitative estimate of drug-likeness (QED) is 0.238. The second-order valence-electron chi connectivity index (χ2n) is 12.6. The van der Waals surface area contributed by atoms with Crippen molar-refractivity contribution in [1.29, 1.82) is 0 Å². The minimum Gasteiger partial charge on any atom is -0.475 e. The SMILES string of the molecule is Cc1cccc(C)c1-c1cc2nc(n1)NS(=O)(=O)c1cccc(c1)C(=O)N(Cc1cc3ccoc3cn1)[C@H](CC(C)(C)C)CO2. The van der Waals surface area contributed by atoms with Crippen LogP contribution < -0.4 is 9.46 Å². The summed E-state index contributed by atoms with van der Waals surface area (Å²) >= 11 is 0. The number of nitrogens with zero attached hydrogens (tertiary/aromatic N) is 4. The number of hydrogen-bond acceptors (Lipinski definition) is 8. The van der Waals surface area contributed by atoms with Gasteiger partial charge in [0.15, 0.2) is 5.58 Å². The highest BCUT2D eigenvalue weighted by Crippen LogP contribution is 2.32. The maximum atomic E-state index is 14.3. The molecule has 232 valence electrons. The molecule has 0 aliphatic carbocycles. The number of aryl methyl sites for hydroxylation is 2. The molecule has 0 saturated carbocycles. The van der Waals surface area contributed by atoms with E-state index in [2.05, 4.69) is 40.4 Å². The van der Waals surface area contributed by atoms with Crippen molar-refractivity contribution < 1.29 is 22.4 Å². The van der Waals surface area contributed by atoms with E-state index < -0.39 is 16.1 Å². The van der Waals surface area contributed by atoms with Gasteiger partial charge in [-0.25, -0.2) is 18.1 Å². The van der Waals surface area contributed by atoms with Gasteiger partial charge in [-0.15, -0.1) is 0 Å². The fourth-order valence-corrected chi connectivity index (χ4v) is 6.71. The molecular formula is C34H35N5O5S. The Labute approximate surface area is 262 Å². The van der Waals surface area contributed by atoms with E-state index in [0.29, 0.717) is 23.4 Å². The third kappa shape index (κ3) is 6.53. The van der Waals surface area contributed by atoms with E-state index in [1.54, 1.807) is 35.6 Å². The van der Waals surface area contributed by atoms with Crippen molar-refractivity contribution in [2.24, 2.45) is 5.41 Å². The van der Waals surface area contributed by atoms with E-state index >= 15 is 0 Å². The number of carbonyl (C=O) groups excluding carboxylic acids is 1. The highest BCUT2D eigenvalue weighted by molar-refractivity contribution is 7.92. The molecule has 6 rings (SSSR count). The molecule has 0 unspecified atom stereocenters. The van der Waals surface area contributed by atoms with E-state index in [1.807, 2.05) is 44.2 Å². The van der Waals surface area contributed by atoms with Gasteiger partial charge >= 0.3 is 0 Å². The van der Waals surface area contributed by atoms with E-state index in [4.69, 9.17) is 9.15 Å². The normalized spacial score (nSPS) is 16.7. The van der Waals surface area contributed by atoms with Crippen molar-refractivity contribution >= 4 is 32.8 Å². The van der Waals surface area contributed by atoms with E-state index in [1.165, 1.54) is 12.1 Å². The van der Waals surface area contributed by atoms with Crippen molar-refractivity contribution in [3.05, 3.63) is 95.5 Å². The monoisotopic (exact) mass is 625 g/mol. The summed E-state index contributed by atoms with van der Waals surface area (Å²) in [6.07, 6.45) is 3.82. The molecule has 0 spiro atoms. The molecule has 2 aromatic carbocycles. The molecule has 1 atom stereocenters. The standard InChI is InChI=1S/C34H35N5O5S/c1-21-8-6-9-22(2)31(21)28-16-30-37-33(36-28)38-45(41,42)27-11-7-10-24(15-27)32(40)39(26(20-44-30)17-34(3,4)5)19-25-14-23-12-13-43-29(23)18-35-25/h6-16,18,26H,17,19-20H2,1-5H3,(H,36,37,38)/t26-/m1/s1. The number of rotatable bonds is 4. The lowest BCUT2D eigenvalue weighted by Gasteiger charge is -2.35. The average molecular weight is 626 g/mol. The van der Waals surface area contributed by atoms with Gasteiger partial charge in [-0.1, -0.05) is 45.0 Å². The molecule has 1 aliphatic rings. The van der Waals surface area contributed by atoms with Crippen LogP contribution in [0.15, 0.2) is 82.4 Å². The summed E-state index contributed by atoms with van der Waals surface area (Å²) in [6.45, 7) is 10.5. The van der Waals surface area contributed by atoms with Crippen LogP contribution in [0.5, 0.6) is 5.88 Å². The summed E-state index contributed by atoms with van der Waals surface area (Å²) in [5.41, 5.74) is 4.68. The van der Waals surface area contributed by atoms with Gasteiger partial charge in [-0.05, 0) is 67.1 Å². The van der Waals surface area contributed by atoms with Gasteiger partial charge in [0.2, 0.25) is 11.8 Å². The first kappa shape index (κ1) is 30.3. The van der Waals surface area contributed by atoms with Gasteiger partial charge in [-0.3, -0.25) is 9.78 Å². The molecule has 0 saturated heterocycles. The summed E-state index contributed by atoms with van der Waals surface area (Å²) in [5, 5.41) is 0.869. The number of aromatic nitrogens is 3. The van der Waals surface area contributed by atoms with Crippen molar-refractivity contribution in [3.8, 4) is 17.1 Å². The van der Waals surface area contributed by atoms with Crippen LogP contribution in [0.3, 0.4) is 0 Å². The number of hydrogen-bond donors (Lipinski definition) is 1. The van der Waals surface area contributed by atoms with Crippen molar-refractivity contribution in [2.45, 2.75) is 58.5 Å². The molecule has 1 N–H and O–H groups in total. The number of anilines is 1. The van der Waals surface area contributed by atoms with Crippen LogP contribution in [0.1, 0.15) is 54.4 Å². The summed E-state index contributed by atoms with van der Waals surface area (Å²) in [4.78, 5) is 29.6. The fraction of sp³-hybridized carbons (Fsp3) is 0.294. The molecule has 45 heavy (non-hydrogen) atoms. The molecule has 11 heteroatoms. The lowest BCUT2D eigenvalue weighted by Crippen LogP contribution is -2.45. The molecular weight excluding hydrogens is 590 g/mol. The average Bonchev–Trinajstić information content (AvgIpc) is 3.45. The number of benzene rings is 2. The number of pyridine rings is 1. The zero-order valence-electron chi connectivity index (χ0n) is 25.9. The number of amides is 1. The number of carbonyl (C=O) groups is 1. The molecule has 4 bridgehead atoms. The van der Waals surface area contributed by atoms with Crippen molar-refractivity contribution in [2.75, 3.05) is 11.3 Å². The second kappa shape index (κ2) is 11.6. The largest absolute Gasteiger partial charge is 0.475 e. The molecule has 0 fully saturated rings. The van der Waals surface area contributed by atoms with E-state index in [9.17, 15) is 13.2 Å². The maximum absolute atomic E-state index is 14.3. The Morgan fingerprint density at radius 1 is 1.00 bits per heavy atom. The number of ether oxygens (including phenoxy) is 1. The van der Waals surface area contributed by atoms with Gasteiger partial charge < -0.3 is 14.1 Å². The zero-order chi connectivity index (χ0) is 31.9. The maximum Gasteiger partial charge on any atom is 0.264 e. The third-order valence-electron chi connectivity index (χ3n) is 7.76. The molecule has 1 amide bonds. The van der Waals surface area contributed by atoms with Crippen LogP contribution in [0.4, 0.5) is 5.95 Å².